The van der Waals surface area contributed by atoms with E-state index in [0.717, 1.165) is 17.0 Å². The zero-order valence-corrected chi connectivity index (χ0v) is 15.2. The summed E-state index contributed by atoms with van der Waals surface area (Å²) in [5.41, 5.74) is 2.48. The number of nitrogens with one attached hydrogen (secondary N) is 1. The maximum Gasteiger partial charge on any atom is 0.226 e. The Morgan fingerprint density at radius 2 is 1.88 bits per heavy atom. The van der Waals surface area contributed by atoms with Crippen molar-refractivity contribution in [1.82, 2.24) is 4.98 Å². The van der Waals surface area contributed by atoms with Crippen molar-refractivity contribution in [1.29, 1.82) is 0 Å². The summed E-state index contributed by atoms with van der Waals surface area (Å²) in [5, 5.41) is 8.77. The second-order valence-electron chi connectivity index (χ2n) is 5.59. The Morgan fingerprint density at radius 3 is 2.58 bits per heavy atom. The van der Waals surface area contributed by atoms with Gasteiger partial charge in [0.1, 0.15) is 28.4 Å². The van der Waals surface area contributed by atoms with Gasteiger partial charge >= 0.3 is 0 Å². The summed E-state index contributed by atoms with van der Waals surface area (Å²) in [7, 11) is -1.49. The Labute approximate surface area is 154 Å². The minimum atomic E-state index is -1.49. The zero-order chi connectivity index (χ0) is 18.4. The number of rotatable bonds is 8. The summed E-state index contributed by atoms with van der Waals surface area (Å²) in [5.74, 6) is 1.68. The number of aliphatic hydroxyl groups excluding tert-OH is 1. The Bertz CT molecular complexity index is 863. The van der Waals surface area contributed by atoms with Crippen LogP contribution in [-0.2, 0) is 17.4 Å². The van der Waals surface area contributed by atoms with Crippen molar-refractivity contribution in [3.05, 3.63) is 66.1 Å². The molecule has 2 N–H and O–H groups in total. The third kappa shape index (κ3) is 4.71. The maximum atomic E-state index is 11.2. The zero-order valence-electron chi connectivity index (χ0n) is 14.3. The number of anilines is 1. The van der Waals surface area contributed by atoms with E-state index in [1.54, 1.807) is 24.3 Å². The van der Waals surface area contributed by atoms with Crippen molar-refractivity contribution in [3.8, 4) is 17.2 Å². The van der Waals surface area contributed by atoms with Crippen molar-refractivity contribution in [2.24, 2.45) is 0 Å². The summed E-state index contributed by atoms with van der Waals surface area (Å²) in [6, 6.07) is 16.8. The molecule has 2 aromatic carbocycles. The fraction of sp³-hybridized carbons (Fsp3) is 0.211. The molecule has 1 heterocycles. The molecule has 0 saturated carbocycles. The van der Waals surface area contributed by atoms with Gasteiger partial charge in [0.15, 0.2) is 0 Å². The normalized spacial score (nSPS) is 11.9. The van der Waals surface area contributed by atoms with Gasteiger partial charge in [-0.2, -0.15) is 0 Å². The van der Waals surface area contributed by atoms with E-state index in [1.165, 1.54) is 0 Å². The maximum absolute atomic E-state index is 11.2. The number of benzene rings is 2. The minimum Gasteiger partial charge on any atom is -0.493 e. The molecule has 136 valence electrons. The fourth-order valence-corrected chi connectivity index (χ4v) is 2.88. The number of aromatic nitrogens is 1. The van der Waals surface area contributed by atoms with Crippen molar-refractivity contribution in [2.45, 2.75) is 13.3 Å². The lowest BCUT2D eigenvalue weighted by Crippen LogP contribution is -2.07. The second kappa shape index (κ2) is 8.64. The quantitative estimate of drug-likeness (QED) is 0.634. The number of hydrogen-bond acceptors (Lipinski definition) is 5. The van der Waals surface area contributed by atoms with Crippen molar-refractivity contribution in [2.75, 3.05) is 17.3 Å². The van der Waals surface area contributed by atoms with Gasteiger partial charge in [-0.25, -0.2) is 9.19 Å². The minimum absolute atomic E-state index is 0.430. The van der Waals surface area contributed by atoms with Gasteiger partial charge in [-0.1, -0.05) is 18.2 Å². The molecule has 7 heteroatoms. The largest absolute Gasteiger partial charge is 0.493 e. The van der Waals surface area contributed by atoms with Crippen LogP contribution in [0.25, 0.3) is 11.5 Å². The first-order chi connectivity index (χ1) is 12.7. The first-order valence-electron chi connectivity index (χ1n) is 8.16. The van der Waals surface area contributed by atoms with E-state index in [2.05, 4.69) is 9.71 Å². The smallest absolute Gasteiger partial charge is 0.226 e. The lowest BCUT2D eigenvalue weighted by atomic mass is 10.2. The van der Waals surface area contributed by atoms with Crippen LogP contribution in [-0.4, -0.2) is 26.8 Å². The van der Waals surface area contributed by atoms with Gasteiger partial charge < -0.3 is 19.0 Å². The average molecular weight is 372 g/mol. The second-order valence-corrected chi connectivity index (χ2v) is 6.74. The molecule has 0 aliphatic carbocycles. The first kappa shape index (κ1) is 18.2. The molecular weight excluding hydrogens is 352 g/mol. The van der Waals surface area contributed by atoms with E-state index in [4.69, 9.17) is 14.3 Å². The van der Waals surface area contributed by atoms with Crippen LogP contribution in [0.2, 0.25) is 0 Å². The molecule has 0 saturated heterocycles. The Hall–Kier alpha value is -2.64. The highest BCUT2D eigenvalue weighted by Gasteiger charge is 2.11. The lowest BCUT2D eigenvalue weighted by Gasteiger charge is -2.07. The summed E-state index contributed by atoms with van der Waals surface area (Å²) >= 11 is 0. The van der Waals surface area contributed by atoms with Crippen LogP contribution in [0.15, 0.2) is 59.0 Å². The van der Waals surface area contributed by atoms with Crippen molar-refractivity contribution in [3.63, 3.8) is 0 Å². The highest BCUT2D eigenvalue weighted by molar-refractivity contribution is 7.86. The highest BCUT2D eigenvalue weighted by Crippen LogP contribution is 2.22. The van der Waals surface area contributed by atoms with Gasteiger partial charge in [-0.15, -0.1) is 0 Å². The Kier molecular flexibility index (Phi) is 6.04. The number of hydrogen-bond donors (Lipinski definition) is 2. The SMILES string of the molecule is Cc1oc(-c2ccccc2)nc1CCOc1ccc(NS(=O)CO)cc1. The lowest BCUT2D eigenvalue weighted by molar-refractivity contribution is 0.320. The summed E-state index contributed by atoms with van der Waals surface area (Å²) < 4.78 is 25.4. The number of aryl methyl sites for hydroxylation is 1. The van der Waals surface area contributed by atoms with Crippen molar-refractivity contribution >= 4 is 16.7 Å². The number of ether oxygens (including phenoxy) is 1. The first-order valence-corrected chi connectivity index (χ1v) is 9.48. The van der Waals surface area contributed by atoms with E-state index in [-0.39, 0.29) is 0 Å². The Morgan fingerprint density at radius 1 is 1.15 bits per heavy atom. The van der Waals surface area contributed by atoms with Crippen LogP contribution < -0.4 is 9.46 Å². The van der Waals surface area contributed by atoms with Crippen molar-refractivity contribution < 1.29 is 18.5 Å². The van der Waals surface area contributed by atoms with Crippen LogP contribution >= 0.6 is 0 Å². The highest BCUT2D eigenvalue weighted by atomic mass is 32.2. The monoisotopic (exact) mass is 372 g/mol. The van der Waals surface area contributed by atoms with Crippen LogP contribution in [0.5, 0.6) is 5.75 Å². The van der Waals surface area contributed by atoms with E-state index >= 15 is 0 Å². The topological polar surface area (TPSA) is 84.6 Å². The van der Waals surface area contributed by atoms with Gasteiger partial charge in [-0.3, -0.25) is 0 Å². The molecule has 1 unspecified atom stereocenters. The van der Waals surface area contributed by atoms with E-state index < -0.39 is 16.9 Å². The molecule has 6 nitrogen and oxygen atoms in total. The van der Waals surface area contributed by atoms with Crippen LogP contribution in [0.4, 0.5) is 5.69 Å². The van der Waals surface area contributed by atoms with Gasteiger partial charge in [0.25, 0.3) is 0 Å². The fourth-order valence-electron chi connectivity index (χ4n) is 2.41. The molecule has 0 aliphatic heterocycles. The molecule has 3 rings (SSSR count). The molecular formula is C19H20N2O4S. The molecule has 0 bridgehead atoms. The van der Waals surface area contributed by atoms with Gasteiger partial charge in [0.2, 0.25) is 5.89 Å². The molecule has 3 aromatic rings. The summed E-state index contributed by atoms with van der Waals surface area (Å²) in [6.07, 6.45) is 0.636. The van der Waals surface area contributed by atoms with E-state index in [9.17, 15) is 4.21 Å². The van der Waals surface area contributed by atoms with Crippen LogP contribution in [0.3, 0.4) is 0 Å². The molecule has 1 aromatic heterocycles. The summed E-state index contributed by atoms with van der Waals surface area (Å²) in [4.78, 5) is 4.55. The standard InChI is InChI=1S/C19H20N2O4S/c1-14-18(20-19(25-14)15-5-3-2-4-6-15)11-12-24-17-9-7-16(8-10-17)21-26(23)13-22/h2-10,21-22H,11-13H2,1H3. The molecule has 1 atom stereocenters. The van der Waals surface area contributed by atoms with E-state index in [1.807, 2.05) is 37.3 Å². The van der Waals surface area contributed by atoms with Gasteiger partial charge in [0.05, 0.1) is 12.3 Å². The predicted octanol–water partition coefficient (Wildman–Crippen LogP) is 3.30. The third-order valence-corrected chi connectivity index (χ3v) is 4.42. The Balaban J connectivity index is 1.55. The molecule has 0 amide bonds. The van der Waals surface area contributed by atoms with Gasteiger partial charge in [-0.05, 0) is 43.3 Å². The van der Waals surface area contributed by atoms with Crippen LogP contribution in [0, 0.1) is 6.92 Å². The number of aliphatic hydroxyl groups is 1. The average Bonchev–Trinajstić information content (AvgIpc) is 3.04. The van der Waals surface area contributed by atoms with Crippen LogP contribution in [0.1, 0.15) is 11.5 Å². The predicted molar refractivity (Wildman–Crippen MR) is 101 cm³/mol. The number of nitrogens with zero attached hydrogens (tertiary/aromatic N) is 1. The molecule has 0 fully saturated rings. The molecule has 0 radical (unpaired) electrons. The van der Waals surface area contributed by atoms with Gasteiger partial charge in [0, 0.05) is 17.7 Å². The molecule has 0 spiro atoms. The van der Waals surface area contributed by atoms with E-state index in [0.29, 0.717) is 30.4 Å². The third-order valence-electron chi connectivity index (χ3n) is 3.72. The molecule has 26 heavy (non-hydrogen) atoms. The molecule has 0 aliphatic rings. The summed E-state index contributed by atoms with van der Waals surface area (Å²) in [6.45, 7) is 2.37. The number of oxazole rings is 1.